The summed E-state index contributed by atoms with van der Waals surface area (Å²) in [6, 6.07) is 0. The van der Waals surface area contributed by atoms with E-state index in [-0.39, 0.29) is 0 Å². The molecule has 0 unspecified atom stereocenters. The van der Waals surface area contributed by atoms with E-state index < -0.39 is 0 Å². The minimum Gasteiger partial charge on any atom is -0.492 e. The van der Waals surface area contributed by atoms with Gasteiger partial charge in [-0.1, -0.05) is 29.4 Å². The van der Waals surface area contributed by atoms with E-state index in [0.717, 1.165) is 43.2 Å². The summed E-state index contributed by atoms with van der Waals surface area (Å²) < 4.78 is 22.3. The number of rotatable bonds is 12. The van der Waals surface area contributed by atoms with Gasteiger partial charge < -0.3 is 18.9 Å². The summed E-state index contributed by atoms with van der Waals surface area (Å²) in [6.07, 6.45) is 11.5. The third-order valence-electron chi connectivity index (χ3n) is 4.93. The highest BCUT2D eigenvalue weighted by Crippen LogP contribution is 2.49. The monoisotopic (exact) mass is 388 g/mol. The van der Waals surface area contributed by atoms with Crippen molar-refractivity contribution in [2.24, 2.45) is 0 Å². The van der Waals surface area contributed by atoms with Crippen molar-refractivity contribution in [2.75, 3.05) is 28.4 Å². The normalized spacial score (nSPS) is 12.0. The first-order valence-electron chi connectivity index (χ1n) is 9.72. The number of benzene rings is 1. The zero-order valence-corrected chi connectivity index (χ0v) is 18.6. The summed E-state index contributed by atoms with van der Waals surface area (Å²) in [7, 11) is 6.51. The summed E-state index contributed by atoms with van der Waals surface area (Å²) in [5.41, 5.74) is 4.83. The number of allylic oxidation sites excluding steroid dienone is 5. The van der Waals surface area contributed by atoms with E-state index in [2.05, 4.69) is 32.6 Å². The van der Waals surface area contributed by atoms with Crippen LogP contribution in [-0.4, -0.2) is 28.4 Å². The molecule has 28 heavy (non-hydrogen) atoms. The molecule has 156 valence electrons. The number of ether oxygens (including phenoxy) is 4. The van der Waals surface area contributed by atoms with Crippen molar-refractivity contribution >= 4 is 0 Å². The van der Waals surface area contributed by atoms with Crippen LogP contribution in [0.25, 0.3) is 0 Å². The van der Waals surface area contributed by atoms with Gasteiger partial charge in [0.1, 0.15) is 0 Å². The van der Waals surface area contributed by atoms with Gasteiger partial charge in [0.05, 0.1) is 28.4 Å². The Morgan fingerprint density at radius 3 is 1.79 bits per heavy atom. The third-order valence-corrected chi connectivity index (χ3v) is 4.93. The Hall–Kier alpha value is -2.36. The molecule has 0 bridgehead atoms. The van der Waals surface area contributed by atoms with Gasteiger partial charge in [0, 0.05) is 11.1 Å². The second kappa shape index (κ2) is 12.2. The minimum atomic E-state index is 0.559. The van der Waals surface area contributed by atoms with Gasteiger partial charge in [-0.25, -0.2) is 0 Å². The first-order chi connectivity index (χ1) is 13.4. The zero-order valence-electron chi connectivity index (χ0n) is 18.6. The predicted molar refractivity (Wildman–Crippen MR) is 117 cm³/mol. The Bertz CT molecular complexity index is 714. The van der Waals surface area contributed by atoms with Crippen molar-refractivity contribution in [3.05, 3.63) is 47.1 Å². The van der Waals surface area contributed by atoms with Crippen LogP contribution in [0.1, 0.15) is 50.7 Å². The average Bonchev–Trinajstić information content (AvgIpc) is 2.69. The largest absolute Gasteiger partial charge is 0.492 e. The van der Waals surface area contributed by atoms with Gasteiger partial charge in [0.15, 0.2) is 11.5 Å². The molecule has 1 aromatic rings. The van der Waals surface area contributed by atoms with Crippen molar-refractivity contribution < 1.29 is 18.9 Å². The molecule has 0 amide bonds. The van der Waals surface area contributed by atoms with Crippen molar-refractivity contribution in [2.45, 2.75) is 52.9 Å². The van der Waals surface area contributed by atoms with E-state index >= 15 is 0 Å². The second-order valence-corrected chi connectivity index (χ2v) is 6.91. The Kier molecular flexibility index (Phi) is 10.3. The van der Waals surface area contributed by atoms with Crippen LogP contribution in [0.5, 0.6) is 23.0 Å². The predicted octanol–water partition coefficient (Wildman–Crippen LogP) is 6.21. The van der Waals surface area contributed by atoms with Gasteiger partial charge in [-0.3, -0.25) is 0 Å². The van der Waals surface area contributed by atoms with Crippen LogP contribution in [-0.2, 0) is 6.42 Å². The summed E-state index contributed by atoms with van der Waals surface area (Å²) in [5.74, 6) is 2.50. The Morgan fingerprint density at radius 2 is 1.25 bits per heavy atom. The fourth-order valence-electron chi connectivity index (χ4n) is 3.26. The molecule has 0 aliphatic carbocycles. The maximum atomic E-state index is 5.67. The first kappa shape index (κ1) is 23.7. The summed E-state index contributed by atoms with van der Waals surface area (Å²) in [5, 5.41) is 0. The smallest absolute Gasteiger partial charge is 0.207 e. The molecule has 1 aromatic carbocycles. The van der Waals surface area contributed by atoms with Gasteiger partial charge in [-0.05, 0) is 52.9 Å². The summed E-state index contributed by atoms with van der Waals surface area (Å²) in [4.78, 5) is 0. The zero-order chi connectivity index (χ0) is 21.1. The van der Waals surface area contributed by atoms with Crippen LogP contribution in [0, 0.1) is 6.92 Å². The Labute approximate surface area is 170 Å². The average molecular weight is 389 g/mol. The maximum absolute atomic E-state index is 5.67. The second-order valence-electron chi connectivity index (χ2n) is 6.91. The molecular weight excluding hydrogens is 352 g/mol. The first-order valence-corrected chi connectivity index (χ1v) is 9.72. The lowest BCUT2D eigenvalue weighted by Gasteiger charge is -2.21. The highest BCUT2D eigenvalue weighted by atomic mass is 16.5. The van der Waals surface area contributed by atoms with E-state index in [9.17, 15) is 0 Å². The van der Waals surface area contributed by atoms with Crippen molar-refractivity contribution in [3.63, 3.8) is 0 Å². The van der Waals surface area contributed by atoms with Crippen molar-refractivity contribution in [3.8, 4) is 23.0 Å². The van der Waals surface area contributed by atoms with Gasteiger partial charge in [-0.15, -0.1) is 6.58 Å². The molecule has 0 aliphatic heterocycles. The van der Waals surface area contributed by atoms with E-state index in [1.54, 1.807) is 28.4 Å². The highest BCUT2D eigenvalue weighted by molar-refractivity contribution is 5.67. The summed E-state index contributed by atoms with van der Waals surface area (Å²) >= 11 is 0. The highest BCUT2D eigenvalue weighted by Gasteiger charge is 2.24. The Morgan fingerprint density at radius 1 is 0.750 bits per heavy atom. The number of methoxy groups -OCH3 is 4. The molecule has 0 N–H and O–H groups in total. The lowest BCUT2D eigenvalue weighted by Crippen LogP contribution is -2.04. The Balaban J connectivity index is 3.04. The quantitative estimate of drug-likeness (QED) is 0.399. The van der Waals surface area contributed by atoms with E-state index in [0.29, 0.717) is 23.0 Å². The molecule has 1 rings (SSSR count). The van der Waals surface area contributed by atoms with Gasteiger partial charge in [0.25, 0.3) is 0 Å². The maximum Gasteiger partial charge on any atom is 0.207 e. The van der Waals surface area contributed by atoms with Crippen LogP contribution in [0.3, 0.4) is 0 Å². The molecule has 0 aliphatic rings. The van der Waals surface area contributed by atoms with E-state index in [4.69, 9.17) is 18.9 Å². The van der Waals surface area contributed by atoms with Crippen LogP contribution in [0.4, 0.5) is 0 Å². The van der Waals surface area contributed by atoms with Gasteiger partial charge in [-0.2, -0.15) is 0 Å². The molecule has 0 heterocycles. The van der Waals surface area contributed by atoms with Crippen molar-refractivity contribution in [1.29, 1.82) is 0 Å². The molecule has 0 saturated heterocycles. The fraction of sp³-hybridized carbons (Fsp3) is 0.500. The number of hydrogen-bond donors (Lipinski definition) is 0. The lowest BCUT2D eigenvalue weighted by atomic mass is 9.99. The standard InChI is InChI=1S/C24H36O4/c1-9-10-12-17(2)13-11-14-18(3)15-16-20-19(4)21(25-5)23(27-7)24(28-8)22(20)26-6/h9,13,15H,1,10-12,14,16H2,2-8H3/b17-13+,18-15+. The molecule has 0 radical (unpaired) electrons. The number of hydrogen-bond acceptors (Lipinski definition) is 4. The molecule has 0 fully saturated rings. The minimum absolute atomic E-state index is 0.559. The van der Waals surface area contributed by atoms with E-state index in [1.807, 2.05) is 13.0 Å². The van der Waals surface area contributed by atoms with Crippen molar-refractivity contribution in [1.82, 2.24) is 0 Å². The molecule has 0 aromatic heterocycles. The van der Waals surface area contributed by atoms with Crippen LogP contribution >= 0.6 is 0 Å². The third kappa shape index (κ3) is 6.08. The lowest BCUT2D eigenvalue weighted by molar-refractivity contribution is 0.302. The summed E-state index contributed by atoms with van der Waals surface area (Å²) in [6.45, 7) is 10.2. The SMILES string of the molecule is C=CCC/C(C)=C/CC/C(C)=C/Cc1c(C)c(OC)c(OC)c(OC)c1OC. The van der Waals surface area contributed by atoms with Gasteiger partial charge in [0.2, 0.25) is 11.5 Å². The topological polar surface area (TPSA) is 36.9 Å². The molecule has 4 heteroatoms. The van der Waals surface area contributed by atoms with Crippen LogP contribution < -0.4 is 18.9 Å². The molecule has 4 nitrogen and oxygen atoms in total. The fourth-order valence-corrected chi connectivity index (χ4v) is 3.26. The van der Waals surface area contributed by atoms with Gasteiger partial charge >= 0.3 is 0 Å². The molecule has 0 spiro atoms. The van der Waals surface area contributed by atoms with Crippen LogP contribution in [0.15, 0.2) is 36.0 Å². The van der Waals surface area contributed by atoms with E-state index in [1.165, 1.54) is 11.1 Å². The van der Waals surface area contributed by atoms with Crippen LogP contribution in [0.2, 0.25) is 0 Å². The molecule has 0 saturated carbocycles. The molecular formula is C24H36O4. The molecule has 0 atom stereocenters.